The van der Waals surface area contributed by atoms with Crippen LogP contribution in [0.25, 0.3) is 0 Å². The third-order valence-corrected chi connectivity index (χ3v) is 5.83. The van der Waals surface area contributed by atoms with Gasteiger partial charge in [0.15, 0.2) is 11.6 Å². The minimum absolute atomic E-state index is 0.00466. The predicted molar refractivity (Wildman–Crippen MR) is 90.9 cm³/mol. The first-order chi connectivity index (χ1) is 12.0. The highest BCUT2D eigenvalue weighted by Gasteiger charge is 2.45. The third kappa shape index (κ3) is 3.30. The van der Waals surface area contributed by atoms with E-state index < -0.39 is 11.6 Å². The largest absolute Gasteiger partial charge is 0.336 e. The number of benzene rings is 1. The van der Waals surface area contributed by atoms with Gasteiger partial charge in [-0.3, -0.25) is 9.69 Å². The summed E-state index contributed by atoms with van der Waals surface area (Å²) in [6.07, 6.45) is 0. The lowest BCUT2D eigenvalue weighted by Gasteiger charge is -2.21. The molecule has 25 heavy (non-hydrogen) atoms. The monoisotopic (exact) mass is 363 g/mol. The molecule has 2 saturated heterocycles. The van der Waals surface area contributed by atoms with Crippen molar-refractivity contribution in [3.63, 3.8) is 0 Å². The van der Waals surface area contributed by atoms with E-state index >= 15 is 0 Å². The van der Waals surface area contributed by atoms with Crippen molar-refractivity contribution in [3.05, 3.63) is 51.5 Å². The Labute approximate surface area is 149 Å². The molecule has 1 aromatic carbocycles. The van der Waals surface area contributed by atoms with E-state index in [1.54, 1.807) is 17.4 Å². The van der Waals surface area contributed by atoms with Gasteiger partial charge in [0.1, 0.15) is 0 Å². The molecule has 4 nitrogen and oxygen atoms in total. The van der Waals surface area contributed by atoms with Crippen LogP contribution in [-0.2, 0) is 17.9 Å². The number of amides is 1. The molecule has 1 aromatic heterocycles. The molecule has 0 spiro atoms. The van der Waals surface area contributed by atoms with Crippen molar-refractivity contribution >= 4 is 17.2 Å². The number of likely N-dealkylation sites (tertiary alicyclic amines) is 2. The van der Waals surface area contributed by atoms with Crippen molar-refractivity contribution in [2.45, 2.75) is 20.0 Å². The zero-order valence-corrected chi connectivity index (χ0v) is 14.7. The van der Waals surface area contributed by atoms with E-state index in [1.807, 2.05) is 17.2 Å². The number of fused-ring (bicyclic) bond motifs is 1. The smallest absolute Gasteiger partial charge is 0.227 e. The number of nitrogens with zero attached hydrogens (tertiary/aromatic N) is 3. The normalized spacial score (nSPS) is 23.5. The molecule has 2 atom stereocenters. The zero-order valence-electron chi connectivity index (χ0n) is 13.9. The lowest BCUT2D eigenvalue weighted by Crippen LogP contribution is -2.32. The maximum atomic E-state index is 13.3. The van der Waals surface area contributed by atoms with Gasteiger partial charge in [-0.2, -0.15) is 0 Å². The van der Waals surface area contributed by atoms with E-state index in [4.69, 9.17) is 0 Å². The quantitative estimate of drug-likeness (QED) is 0.838. The Morgan fingerprint density at radius 2 is 2.04 bits per heavy atom. The maximum absolute atomic E-state index is 13.3. The minimum atomic E-state index is -0.829. The van der Waals surface area contributed by atoms with Crippen LogP contribution in [0.15, 0.2) is 23.6 Å². The first-order valence-corrected chi connectivity index (χ1v) is 9.23. The molecule has 2 fully saturated rings. The number of rotatable bonds is 4. The molecule has 2 aliphatic rings. The molecule has 0 bridgehead atoms. The molecule has 2 aliphatic heterocycles. The Hall–Kier alpha value is -1.86. The van der Waals surface area contributed by atoms with E-state index in [9.17, 15) is 13.6 Å². The molecule has 7 heteroatoms. The lowest BCUT2D eigenvalue weighted by molar-refractivity contribution is -0.131. The SMILES string of the molecule is Cc1nc(CN2C[C@@H]3CN(Cc4ccc(F)c(F)c4)C[C@@H]3C2=O)cs1. The average Bonchev–Trinajstić information content (AvgIpc) is 3.22. The summed E-state index contributed by atoms with van der Waals surface area (Å²) >= 11 is 1.60. The van der Waals surface area contributed by atoms with E-state index in [1.165, 1.54) is 6.07 Å². The van der Waals surface area contributed by atoms with Gasteiger partial charge in [0, 0.05) is 37.5 Å². The molecule has 4 rings (SSSR count). The third-order valence-electron chi connectivity index (χ3n) is 5.01. The van der Waals surface area contributed by atoms with Crippen LogP contribution >= 0.6 is 11.3 Å². The summed E-state index contributed by atoms with van der Waals surface area (Å²) in [4.78, 5) is 21.2. The van der Waals surface area contributed by atoms with Gasteiger partial charge in [-0.25, -0.2) is 13.8 Å². The first kappa shape index (κ1) is 16.6. The summed E-state index contributed by atoms with van der Waals surface area (Å²) in [6, 6.07) is 4.00. The van der Waals surface area contributed by atoms with Crippen LogP contribution in [0.5, 0.6) is 0 Å². The van der Waals surface area contributed by atoms with Crippen LogP contribution in [-0.4, -0.2) is 40.3 Å². The molecular formula is C18H19F2N3OS. The van der Waals surface area contributed by atoms with Crippen LogP contribution < -0.4 is 0 Å². The highest BCUT2D eigenvalue weighted by atomic mass is 32.1. The Kier molecular flexibility index (Phi) is 4.29. The van der Waals surface area contributed by atoms with Gasteiger partial charge in [-0.05, 0) is 24.6 Å². The van der Waals surface area contributed by atoms with Gasteiger partial charge < -0.3 is 4.90 Å². The van der Waals surface area contributed by atoms with Gasteiger partial charge in [-0.1, -0.05) is 6.07 Å². The molecule has 1 amide bonds. The van der Waals surface area contributed by atoms with Crippen molar-refractivity contribution < 1.29 is 13.6 Å². The van der Waals surface area contributed by atoms with E-state index in [0.717, 1.165) is 35.4 Å². The maximum Gasteiger partial charge on any atom is 0.227 e. The lowest BCUT2D eigenvalue weighted by atomic mass is 10.0. The van der Waals surface area contributed by atoms with Gasteiger partial charge in [-0.15, -0.1) is 11.3 Å². The fourth-order valence-corrected chi connectivity index (χ4v) is 4.48. The number of aromatic nitrogens is 1. The predicted octanol–water partition coefficient (Wildman–Crippen LogP) is 2.82. The highest BCUT2D eigenvalue weighted by molar-refractivity contribution is 7.09. The van der Waals surface area contributed by atoms with Crippen LogP contribution in [0.2, 0.25) is 0 Å². The van der Waals surface area contributed by atoms with Crippen molar-refractivity contribution in [2.75, 3.05) is 19.6 Å². The zero-order chi connectivity index (χ0) is 17.6. The number of thiazole rings is 1. The second-order valence-corrected chi connectivity index (χ2v) is 7.95. The van der Waals surface area contributed by atoms with Crippen LogP contribution in [0.4, 0.5) is 8.78 Å². The van der Waals surface area contributed by atoms with Crippen molar-refractivity contribution in [3.8, 4) is 0 Å². The van der Waals surface area contributed by atoms with E-state index in [0.29, 0.717) is 25.6 Å². The van der Waals surface area contributed by atoms with Crippen LogP contribution in [0, 0.1) is 30.4 Å². The van der Waals surface area contributed by atoms with Crippen LogP contribution in [0.1, 0.15) is 16.3 Å². The van der Waals surface area contributed by atoms with Crippen molar-refractivity contribution in [2.24, 2.45) is 11.8 Å². The average molecular weight is 363 g/mol. The Morgan fingerprint density at radius 1 is 1.20 bits per heavy atom. The fourth-order valence-electron chi connectivity index (χ4n) is 3.88. The Balaban J connectivity index is 1.37. The first-order valence-electron chi connectivity index (χ1n) is 8.35. The second kappa shape index (κ2) is 6.46. The van der Waals surface area contributed by atoms with Gasteiger partial charge >= 0.3 is 0 Å². The summed E-state index contributed by atoms with van der Waals surface area (Å²) in [5.41, 5.74) is 1.69. The molecule has 0 unspecified atom stereocenters. The standard InChI is InChI=1S/C18H19F2N3OS/c1-11-21-14(10-25-11)8-23-7-13-6-22(9-15(13)18(23)24)5-12-2-3-16(19)17(20)4-12/h2-4,10,13,15H,5-9H2,1H3/t13-,15-/m0/s1. The summed E-state index contributed by atoms with van der Waals surface area (Å²) in [5, 5.41) is 3.02. The van der Waals surface area contributed by atoms with Crippen molar-refractivity contribution in [1.82, 2.24) is 14.8 Å². The Morgan fingerprint density at radius 3 is 2.72 bits per heavy atom. The number of hydrogen-bond donors (Lipinski definition) is 0. The van der Waals surface area contributed by atoms with Gasteiger partial charge in [0.25, 0.3) is 0 Å². The topological polar surface area (TPSA) is 36.4 Å². The molecule has 0 aliphatic carbocycles. The van der Waals surface area contributed by atoms with E-state index in [-0.39, 0.29) is 11.8 Å². The summed E-state index contributed by atoms with van der Waals surface area (Å²) < 4.78 is 26.4. The highest BCUT2D eigenvalue weighted by Crippen LogP contribution is 2.34. The molecular weight excluding hydrogens is 344 g/mol. The van der Waals surface area contributed by atoms with E-state index in [2.05, 4.69) is 9.88 Å². The molecule has 3 heterocycles. The molecule has 0 radical (unpaired) electrons. The molecule has 0 N–H and O–H groups in total. The number of halogens is 2. The van der Waals surface area contributed by atoms with Gasteiger partial charge in [0.2, 0.25) is 5.91 Å². The minimum Gasteiger partial charge on any atom is -0.336 e. The summed E-state index contributed by atoms with van der Waals surface area (Å²) in [5.74, 6) is -1.16. The van der Waals surface area contributed by atoms with Crippen LogP contribution in [0.3, 0.4) is 0 Å². The number of carbonyl (C=O) groups is 1. The van der Waals surface area contributed by atoms with Gasteiger partial charge in [0.05, 0.1) is 23.2 Å². The summed E-state index contributed by atoms with van der Waals surface area (Å²) in [7, 11) is 0. The number of aryl methyl sites for hydroxylation is 1. The second-order valence-electron chi connectivity index (χ2n) is 6.89. The molecule has 132 valence electrons. The number of carbonyl (C=O) groups excluding carboxylic acids is 1. The summed E-state index contributed by atoms with van der Waals surface area (Å²) in [6.45, 7) is 5.32. The molecule has 0 saturated carbocycles. The Bertz CT molecular complexity index is 809. The fraction of sp³-hybridized carbons (Fsp3) is 0.444. The molecule has 2 aromatic rings. The van der Waals surface area contributed by atoms with Crippen molar-refractivity contribution in [1.29, 1.82) is 0 Å². The number of hydrogen-bond acceptors (Lipinski definition) is 4.